The number of thioether (sulfide) groups is 1. The second-order valence-corrected chi connectivity index (χ2v) is 18.5. The third-order valence-electron chi connectivity index (χ3n) is 7.16. The molecule has 7 atom stereocenters. The van der Waals surface area contributed by atoms with Gasteiger partial charge in [-0.15, -0.1) is 0 Å². The average molecular weight is 910 g/mol. The number of carbonyl (C=O) groups is 5. The summed E-state index contributed by atoms with van der Waals surface area (Å²) in [4.78, 5) is 107. The summed E-state index contributed by atoms with van der Waals surface area (Å²) in [7, 11) is -16.4. The number of rotatable bonds is 21. The van der Waals surface area contributed by atoms with E-state index in [1.54, 1.807) is 0 Å². The number of aliphatic hydroxyl groups is 2. The van der Waals surface area contributed by atoms with Crippen LogP contribution in [0.2, 0.25) is 0 Å². The molecule has 3 rings (SSSR count). The lowest BCUT2D eigenvalue weighted by Gasteiger charge is -2.30. The fraction of sp³-hybridized carbons (Fsp3) is 0.643. The number of fused-ring (bicyclic) bond motifs is 1. The molecule has 2 amide bonds. The van der Waals surface area contributed by atoms with Gasteiger partial charge in [0.25, 0.3) is 0 Å². The number of ketones is 2. The molecule has 328 valence electrons. The topological polar surface area (TPSA) is 398 Å². The highest BCUT2D eigenvalue weighted by Crippen LogP contribution is 2.61. The molecule has 1 fully saturated rings. The van der Waals surface area contributed by atoms with E-state index in [4.69, 9.17) is 19.5 Å². The number of nitrogen functional groups attached to an aromatic ring is 1. The molecule has 1 aliphatic rings. The monoisotopic (exact) mass is 909 g/mol. The number of anilines is 1. The van der Waals surface area contributed by atoms with Gasteiger partial charge in [-0.2, -0.15) is 4.31 Å². The number of imidazole rings is 1. The number of nitrogens with one attached hydrogen (secondary N) is 2. The van der Waals surface area contributed by atoms with E-state index in [1.807, 2.05) is 0 Å². The Morgan fingerprint density at radius 1 is 1.00 bits per heavy atom. The van der Waals surface area contributed by atoms with Crippen LogP contribution in [0, 0.1) is 5.41 Å². The number of nitrogens with zero attached hydrogens (tertiary/aromatic N) is 4. The lowest BCUT2D eigenvalue weighted by Crippen LogP contribution is -2.46. The van der Waals surface area contributed by atoms with Crippen LogP contribution in [0.5, 0.6) is 0 Å². The molecule has 26 nitrogen and oxygen atoms in total. The minimum atomic E-state index is -5.58. The molecule has 58 heavy (non-hydrogen) atoms. The molecule has 10 N–H and O–H groups in total. The zero-order valence-electron chi connectivity index (χ0n) is 31.6. The Bertz CT molecular complexity index is 1930. The van der Waals surface area contributed by atoms with Crippen LogP contribution in [0.3, 0.4) is 0 Å². The van der Waals surface area contributed by atoms with E-state index in [2.05, 4.69) is 34.4 Å². The van der Waals surface area contributed by atoms with E-state index in [0.717, 1.165) is 29.0 Å². The maximum Gasteiger partial charge on any atom is 0.481 e. The van der Waals surface area contributed by atoms with Crippen LogP contribution in [0.1, 0.15) is 53.7 Å². The molecule has 3 heterocycles. The molecule has 0 saturated carbocycles. The number of Topliss-reactive ketones (excluding diaryl/α,β-unsaturated/α-hetero) is 2. The van der Waals surface area contributed by atoms with Gasteiger partial charge in [0, 0.05) is 30.7 Å². The fourth-order valence-corrected chi connectivity index (χ4v) is 8.12. The quantitative estimate of drug-likeness (QED) is 0.0422. The number of ether oxygens (including phenoxy) is 1. The van der Waals surface area contributed by atoms with Crippen molar-refractivity contribution in [2.75, 3.05) is 37.8 Å². The van der Waals surface area contributed by atoms with Gasteiger partial charge in [-0.1, -0.05) is 25.6 Å². The molecule has 0 spiro atoms. The van der Waals surface area contributed by atoms with Crippen molar-refractivity contribution in [2.45, 2.75) is 78.1 Å². The van der Waals surface area contributed by atoms with E-state index in [1.165, 1.54) is 34.6 Å². The summed E-state index contributed by atoms with van der Waals surface area (Å²) in [5.41, 5.74) is 4.22. The molecule has 1 aliphatic heterocycles. The zero-order valence-corrected chi connectivity index (χ0v) is 35.1. The fourth-order valence-electron chi connectivity index (χ4n) is 4.55. The number of amides is 2. The van der Waals surface area contributed by atoms with Crippen LogP contribution in [0.25, 0.3) is 11.2 Å². The SMILES string of the molecule is CC(=O)CC(=O)SCCNC(=O)CCNC(=O)C(O)C(C)(C)COP(=O)(O)OP(=O)(O)OC[C@H]1O[C@@H](n2cnc3c(N)ncnc32)[C@H](O)[C@@H]1OP(=O)(O)O.CC(C)=O. The van der Waals surface area contributed by atoms with Gasteiger partial charge in [-0.3, -0.25) is 37.3 Å². The van der Waals surface area contributed by atoms with Gasteiger partial charge in [0.15, 0.2) is 22.8 Å². The number of aromatic nitrogens is 4. The summed E-state index contributed by atoms with van der Waals surface area (Å²) >= 11 is 0.878. The molecule has 30 heteroatoms. The van der Waals surface area contributed by atoms with Crippen LogP contribution in [-0.4, -0.2) is 134 Å². The number of phosphoric acid groups is 3. The van der Waals surface area contributed by atoms with Crippen molar-refractivity contribution < 1.29 is 90.1 Å². The number of aliphatic hydroxyl groups excluding tert-OH is 2. The second-order valence-electron chi connectivity index (χ2n) is 13.1. The van der Waals surface area contributed by atoms with Crippen LogP contribution in [-0.2, 0) is 60.3 Å². The molecule has 1 saturated heterocycles. The number of phosphoric ester groups is 3. The van der Waals surface area contributed by atoms with Gasteiger partial charge in [-0.25, -0.2) is 28.6 Å². The van der Waals surface area contributed by atoms with Crippen molar-refractivity contribution in [2.24, 2.45) is 5.41 Å². The van der Waals surface area contributed by atoms with Crippen molar-refractivity contribution in [1.29, 1.82) is 0 Å². The van der Waals surface area contributed by atoms with E-state index in [-0.39, 0.29) is 65.3 Å². The van der Waals surface area contributed by atoms with Gasteiger partial charge in [0.2, 0.25) is 11.8 Å². The molecule has 2 aromatic heterocycles. The molecular formula is C28H46N7O19P3S. The summed E-state index contributed by atoms with van der Waals surface area (Å²) in [5.74, 6) is -1.44. The van der Waals surface area contributed by atoms with Crippen molar-refractivity contribution >= 4 is 80.7 Å². The minimum Gasteiger partial charge on any atom is -0.386 e. The number of carbonyl (C=O) groups excluding carboxylic acids is 5. The second kappa shape index (κ2) is 21.9. The molecule has 0 aliphatic carbocycles. The first-order valence-electron chi connectivity index (χ1n) is 16.7. The molecule has 0 radical (unpaired) electrons. The van der Waals surface area contributed by atoms with Crippen LogP contribution >= 0.6 is 35.2 Å². The molecule has 3 unspecified atom stereocenters. The van der Waals surface area contributed by atoms with E-state index >= 15 is 0 Å². The standard InChI is InChI=1S/C25H40N7O18P3S.C3H6O/c1-13(33)8-16(35)54-7-6-27-15(34)4-5-28-23(38)20(37)25(2,3)10-47-53(44,45)50-52(42,43)46-9-14-19(49-51(39,40)41)18(36)24(48-14)32-12-31-17-21(26)29-11-30-22(17)32;1-3(2)4/h11-12,14,18-20,24,36-37H,4-10H2,1-3H3,(H,27,34)(H,28,38)(H,42,43)(H,44,45)(H2,26,29,30)(H2,39,40,41);1-2H3/t14-,18-,19-,20?,24-;/m1./s1. The van der Waals surface area contributed by atoms with Gasteiger partial charge in [-0.05, 0) is 20.8 Å². The zero-order chi connectivity index (χ0) is 44.2. The third-order valence-corrected chi connectivity index (χ3v) is 11.1. The van der Waals surface area contributed by atoms with Crippen LogP contribution < -0.4 is 16.4 Å². The maximum absolute atomic E-state index is 12.6. The highest BCUT2D eigenvalue weighted by atomic mass is 32.2. The first kappa shape index (κ1) is 51.0. The van der Waals surface area contributed by atoms with Gasteiger partial charge in [0.1, 0.15) is 47.8 Å². The lowest BCUT2D eigenvalue weighted by molar-refractivity contribution is -0.137. The first-order chi connectivity index (χ1) is 26.6. The Morgan fingerprint density at radius 2 is 1.62 bits per heavy atom. The summed E-state index contributed by atoms with van der Waals surface area (Å²) < 4.78 is 61.9. The van der Waals surface area contributed by atoms with Crippen molar-refractivity contribution in [1.82, 2.24) is 30.2 Å². The number of hydrogen-bond acceptors (Lipinski definition) is 20. The van der Waals surface area contributed by atoms with E-state index in [9.17, 15) is 67.5 Å². The summed E-state index contributed by atoms with van der Waals surface area (Å²) in [6.07, 6.45) is -7.24. The Labute approximate surface area is 334 Å². The van der Waals surface area contributed by atoms with Crippen molar-refractivity contribution in [3.63, 3.8) is 0 Å². The van der Waals surface area contributed by atoms with Crippen LogP contribution in [0.4, 0.5) is 5.82 Å². The van der Waals surface area contributed by atoms with Gasteiger partial charge < -0.3 is 55.7 Å². The maximum atomic E-state index is 12.6. The Hall–Kier alpha value is -3.10. The summed E-state index contributed by atoms with van der Waals surface area (Å²) in [6.45, 7) is 4.63. The van der Waals surface area contributed by atoms with Crippen LogP contribution in [0.15, 0.2) is 12.7 Å². The molecular weight excluding hydrogens is 863 g/mol. The normalized spacial score (nSPS) is 20.9. The average Bonchev–Trinajstić information content (AvgIpc) is 3.64. The lowest BCUT2D eigenvalue weighted by atomic mass is 9.87. The minimum absolute atomic E-state index is 0.0240. The predicted molar refractivity (Wildman–Crippen MR) is 199 cm³/mol. The van der Waals surface area contributed by atoms with Crippen molar-refractivity contribution in [3.05, 3.63) is 12.7 Å². The largest absolute Gasteiger partial charge is 0.481 e. The van der Waals surface area contributed by atoms with Gasteiger partial charge in [0.05, 0.1) is 26.0 Å². The third kappa shape index (κ3) is 17.2. The Morgan fingerprint density at radius 3 is 2.22 bits per heavy atom. The highest BCUT2D eigenvalue weighted by molar-refractivity contribution is 8.13. The highest BCUT2D eigenvalue weighted by Gasteiger charge is 2.50. The van der Waals surface area contributed by atoms with E-state index < -0.39 is 84.6 Å². The summed E-state index contributed by atoms with van der Waals surface area (Å²) in [5, 5.41) is 25.8. The predicted octanol–water partition coefficient (Wildman–Crippen LogP) is -0.761. The van der Waals surface area contributed by atoms with E-state index in [0.29, 0.717) is 0 Å². The number of hydrogen-bond donors (Lipinski definition) is 9. The smallest absolute Gasteiger partial charge is 0.386 e. The first-order valence-corrected chi connectivity index (χ1v) is 22.2. The Kier molecular flexibility index (Phi) is 19.3. The van der Waals surface area contributed by atoms with Gasteiger partial charge >= 0.3 is 23.5 Å². The molecule has 0 bridgehead atoms. The molecule has 0 aromatic carbocycles. The number of nitrogens with two attached hydrogens (primary N) is 1. The van der Waals surface area contributed by atoms with Crippen molar-refractivity contribution in [3.8, 4) is 0 Å². The Balaban J connectivity index is 0.00000276. The molecule has 2 aromatic rings. The summed E-state index contributed by atoms with van der Waals surface area (Å²) in [6, 6.07) is 0.